The van der Waals surface area contributed by atoms with E-state index in [9.17, 15) is 18.0 Å². The molecule has 1 aromatic carbocycles. The normalized spacial score (nSPS) is 14.1. The average molecular weight is 275 g/mol. The van der Waals surface area contributed by atoms with Gasteiger partial charge in [0.15, 0.2) is 11.5 Å². The maximum atomic E-state index is 11.9. The molecule has 7 heteroatoms. The Hall–Kier alpha value is -1.92. The molecule has 1 heterocycles. The second kappa shape index (κ2) is 5.38. The van der Waals surface area contributed by atoms with E-state index in [2.05, 4.69) is 0 Å². The molecule has 0 unspecified atom stereocenters. The third-order valence-corrected chi connectivity index (χ3v) is 2.46. The fourth-order valence-corrected chi connectivity index (χ4v) is 1.64. The van der Waals surface area contributed by atoms with Crippen molar-refractivity contribution in [3.05, 3.63) is 23.8 Å². The van der Waals surface area contributed by atoms with Gasteiger partial charge in [0, 0.05) is 0 Å². The Bertz CT molecular complexity index is 474. The van der Waals surface area contributed by atoms with Crippen molar-refractivity contribution in [2.24, 2.45) is 0 Å². The van der Waals surface area contributed by atoms with Crippen molar-refractivity contribution in [2.75, 3.05) is 19.8 Å². The second-order valence-corrected chi connectivity index (χ2v) is 4.05. The number of ether oxygens (including phenoxy) is 2. The van der Waals surface area contributed by atoms with Crippen molar-refractivity contribution in [1.82, 2.24) is 5.32 Å². The number of carbonyl (C=O) groups excluding carboxylic acids is 1. The molecule has 0 bridgehead atoms. The Labute approximate surface area is 107 Å². The van der Waals surface area contributed by atoms with Crippen LogP contribution in [0.3, 0.4) is 0 Å². The van der Waals surface area contributed by atoms with E-state index in [4.69, 9.17) is 9.47 Å². The summed E-state index contributed by atoms with van der Waals surface area (Å²) in [6.07, 6.45) is -4.53. The maximum absolute atomic E-state index is 11.9. The maximum Gasteiger partial charge on any atom is 0.405 e. The smallest absolute Gasteiger partial charge is 0.405 e. The summed E-state index contributed by atoms with van der Waals surface area (Å²) in [5.41, 5.74) is 0.573. The summed E-state index contributed by atoms with van der Waals surface area (Å²) in [5, 5.41) is 1.82. The Balaban J connectivity index is 1.94. The summed E-state index contributed by atoms with van der Waals surface area (Å²) in [5.74, 6) is 0.395. The molecule has 4 nitrogen and oxygen atoms in total. The molecular formula is C12H12F3NO3. The second-order valence-electron chi connectivity index (χ2n) is 4.05. The molecule has 0 spiro atoms. The zero-order valence-corrected chi connectivity index (χ0v) is 9.92. The molecule has 2 rings (SSSR count). The van der Waals surface area contributed by atoms with Gasteiger partial charge in [-0.05, 0) is 17.7 Å². The highest BCUT2D eigenvalue weighted by Crippen LogP contribution is 2.30. The van der Waals surface area contributed by atoms with E-state index in [0.717, 1.165) is 0 Å². The van der Waals surface area contributed by atoms with Gasteiger partial charge in [0.2, 0.25) is 5.91 Å². The molecule has 0 saturated heterocycles. The van der Waals surface area contributed by atoms with Gasteiger partial charge in [-0.3, -0.25) is 4.79 Å². The van der Waals surface area contributed by atoms with Gasteiger partial charge >= 0.3 is 6.18 Å². The number of benzene rings is 1. The largest absolute Gasteiger partial charge is 0.486 e. The van der Waals surface area contributed by atoms with Crippen LogP contribution < -0.4 is 14.8 Å². The van der Waals surface area contributed by atoms with Crippen molar-refractivity contribution in [3.8, 4) is 11.5 Å². The average Bonchev–Trinajstić information content (AvgIpc) is 2.35. The minimum atomic E-state index is -4.40. The molecule has 1 N–H and O–H groups in total. The molecule has 0 aromatic heterocycles. The third kappa shape index (κ3) is 4.04. The van der Waals surface area contributed by atoms with Crippen LogP contribution in [0.5, 0.6) is 11.5 Å². The lowest BCUT2D eigenvalue weighted by molar-refractivity contribution is -0.138. The highest BCUT2D eigenvalue weighted by atomic mass is 19.4. The number of halogens is 3. The standard InChI is InChI=1S/C12H12F3NO3/c13-12(14,15)7-16-11(17)6-8-1-2-9-10(5-8)19-4-3-18-9/h1-2,5H,3-4,6-7H2,(H,16,17). The van der Waals surface area contributed by atoms with E-state index in [0.29, 0.717) is 30.3 Å². The molecule has 0 aliphatic carbocycles. The molecule has 0 atom stereocenters. The van der Waals surface area contributed by atoms with Crippen LogP contribution in [0, 0.1) is 0 Å². The summed E-state index contributed by atoms with van der Waals surface area (Å²) in [6, 6.07) is 4.86. The number of amides is 1. The molecule has 1 aliphatic rings. The zero-order valence-electron chi connectivity index (χ0n) is 9.92. The Morgan fingerprint density at radius 1 is 1.21 bits per heavy atom. The van der Waals surface area contributed by atoms with Crippen LogP contribution >= 0.6 is 0 Å². The molecule has 1 aromatic rings. The van der Waals surface area contributed by atoms with Crippen LogP contribution in [0.25, 0.3) is 0 Å². The highest BCUT2D eigenvalue weighted by molar-refractivity contribution is 5.78. The Morgan fingerprint density at radius 3 is 2.58 bits per heavy atom. The van der Waals surface area contributed by atoms with E-state index < -0.39 is 18.6 Å². The highest BCUT2D eigenvalue weighted by Gasteiger charge is 2.27. The number of hydrogen-bond acceptors (Lipinski definition) is 3. The predicted molar refractivity (Wildman–Crippen MR) is 60.2 cm³/mol. The van der Waals surface area contributed by atoms with Crippen molar-refractivity contribution < 1.29 is 27.4 Å². The predicted octanol–water partition coefficient (Wildman–Crippen LogP) is 1.68. The number of alkyl halides is 3. The topological polar surface area (TPSA) is 47.6 Å². The molecule has 0 saturated carbocycles. The molecule has 1 aliphatic heterocycles. The van der Waals surface area contributed by atoms with Crippen molar-refractivity contribution in [3.63, 3.8) is 0 Å². The van der Waals surface area contributed by atoms with Crippen LogP contribution in [-0.2, 0) is 11.2 Å². The van der Waals surface area contributed by atoms with Gasteiger partial charge in [-0.25, -0.2) is 0 Å². The van der Waals surface area contributed by atoms with Gasteiger partial charge < -0.3 is 14.8 Å². The lowest BCUT2D eigenvalue weighted by Crippen LogP contribution is -2.34. The van der Waals surface area contributed by atoms with Crippen LogP contribution in [0.4, 0.5) is 13.2 Å². The summed E-state index contributed by atoms with van der Waals surface area (Å²) in [7, 11) is 0. The zero-order chi connectivity index (χ0) is 13.9. The number of nitrogens with one attached hydrogen (secondary N) is 1. The first kappa shape index (κ1) is 13.5. The van der Waals surface area contributed by atoms with Crippen LogP contribution in [0.2, 0.25) is 0 Å². The van der Waals surface area contributed by atoms with E-state index in [1.54, 1.807) is 18.2 Å². The van der Waals surface area contributed by atoms with E-state index in [-0.39, 0.29) is 6.42 Å². The lowest BCUT2D eigenvalue weighted by atomic mass is 10.1. The fourth-order valence-electron chi connectivity index (χ4n) is 1.64. The first-order chi connectivity index (χ1) is 8.94. The summed E-state index contributed by atoms with van der Waals surface area (Å²) >= 11 is 0. The third-order valence-electron chi connectivity index (χ3n) is 2.46. The van der Waals surface area contributed by atoms with Gasteiger partial charge in [-0.1, -0.05) is 6.07 Å². The minimum Gasteiger partial charge on any atom is -0.486 e. The minimum absolute atomic E-state index is 0.132. The SMILES string of the molecule is O=C(Cc1ccc2c(c1)OCCO2)NCC(F)(F)F. The fraction of sp³-hybridized carbons (Fsp3) is 0.417. The van der Waals surface area contributed by atoms with Crippen LogP contribution in [0.15, 0.2) is 18.2 Å². The number of fused-ring (bicyclic) bond motifs is 1. The van der Waals surface area contributed by atoms with Gasteiger partial charge in [-0.2, -0.15) is 13.2 Å². The van der Waals surface area contributed by atoms with Crippen molar-refractivity contribution in [1.29, 1.82) is 0 Å². The first-order valence-corrected chi connectivity index (χ1v) is 5.66. The summed E-state index contributed by atoms with van der Waals surface area (Å²) in [4.78, 5) is 11.3. The number of rotatable bonds is 3. The summed E-state index contributed by atoms with van der Waals surface area (Å²) < 4.78 is 46.4. The van der Waals surface area contributed by atoms with Gasteiger partial charge in [0.25, 0.3) is 0 Å². The molecule has 0 fully saturated rings. The van der Waals surface area contributed by atoms with E-state index >= 15 is 0 Å². The quantitative estimate of drug-likeness (QED) is 0.913. The van der Waals surface area contributed by atoms with Crippen LogP contribution in [0.1, 0.15) is 5.56 Å². The van der Waals surface area contributed by atoms with E-state index in [1.165, 1.54) is 0 Å². The molecule has 0 radical (unpaired) electrons. The molecule has 104 valence electrons. The molecular weight excluding hydrogens is 263 g/mol. The van der Waals surface area contributed by atoms with E-state index in [1.807, 2.05) is 5.32 Å². The first-order valence-electron chi connectivity index (χ1n) is 5.66. The van der Waals surface area contributed by atoms with Crippen LogP contribution in [-0.4, -0.2) is 31.8 Å². The van der Waals surface area contributed by atoms with Crippen molar-refractivity contribution >= 4 is 5.91 Å². The Morgan fingerprint density at radius 2 is 1.89 bits per heavy atom. The van der Waals surface area contributed by atoms with Crippen molar-refractivity contribution in [2.45, 2.75) is 12.6 Å². The monoisotopic (exact) mass is 275 g/mol. The van der Waals surface area contributed by atoms with Gasteiger partial charge in [0.1, 0.15) is 19.8 Å². The number of carbonyl (C=O) groups is 1. The molecule has 1 amide bonds. The molecule has 19 heavy (non-hydrogen) atoms. The van der Waals surface area contributed by atoms with Gasteiger partial charge in [0.05, 0.1) is 6.42 Å². The lowest BCUT2D eigenvalue weighted by Gasteiger charge is -2.18. The summed E-state index contributed by atoms with van der Waals surface area (Å²) in [6.45, 7) is -0.453. The van der Waals surface area contributed by atoms with Gasteiger partial charge in [-0.15, -0.1) is 0 Å². The number of hydrogen-bond donors (Lipinski definition) is 1. The Kier molecular flexibility index (Phi) is 3.82.